The van der Waals surface area contributed by atoms with Crippen LogP contribution in [0.15, 0.2) is 0 Å². The third kappa shape index (κ3) is 4.43. The van der Waals surface area contributed by atoms with Gasteiger partial charge in [0.25, 0.3) is 0 Å². The van der Waals surface area contributed by atoms with E-state index < -0.39 is 0 Å². The normalized spacial score (nSPS) is 15.0. The van der Waals surface area contributed by atoms with E-state index in [1.54, 1.807) is 6.92 Å². The second-order valence-corrected chi connectivity index (χ2v) is 2.88. The summed E-state index contributed by atoms with van der Waals surface area (Å²) in [5, 5.41) is 8.93. The van der Waals surface area contributed by atoms with E-state index in [0.29, 0.717) is 6.04 Å². The minimum atomic E-state index is -0.211. The number of nitrogens with zero attached hydrogens (tertiary/aromatic N) is 1. The zero-order valence-electron chi connectivity index (χ0n) is 6.76. The van der Waals surface area contributed by atoms with Crippen molar-refractivity contribution in [1.29, 1.82) is 0 Å². The Morgan fingerprint density at radius 1 is 1.33 bits per heavy atom. The van der Waals surface area contributed by atoms with E-state index in [2.05, 4.69) is 18.7 Å². The van der Waals surface area contributed by atoms with Crippen LogP contribution in [-0.4, -0.2) is 35.7 Å². The molecule has 0 aromatic carbocycles. The summed E-state index contributed by atoms with van der Waals surface area (Å²) < 4.78 is 0. The van der Waals surface area contributed by atoms with Gasteiger partial charge in [0.2, 0.25) is 0 Å². The van der Waals surface area contributed by atoms with Gasteiger partial charge in [0, 0.05) is 12.6 Å². The smallest absolute Gasteiger partial charge is 0.0639 e. The molecule has 0 radical (unpaired) electrons. The van der Waals surface area contributed by atoms with Crippen molar-refractivity contribution in [3.05, 3.63) is 0 Å². The molecule has 0 aliphatic carbocycles. The lowest BCUT2D eigenvalue weighted by Gasteiger charge is -2.21. The van der Waals surface area contributed by atoms with Gasteiger partial charge in [-0.25, -0.2) is 0 Å². The van der Waals surface area contributed by atoms with E-state index in [4.69, 9.17) is 5.11 Å². The predicted octanol–water partition coefficient (Wildman–Crippen LogP) is 0.707. The monoisotopic (exact) mass is 131 g/mol. The van der Waals surface area contributed by atoms with E-state index in [1.165, 1.54) is 0 Å². The van der Waals surface area contributed by atoms with Gasteiger partial charge in [0.05, 0.1) is 6.10 Å². The summed E-state index contributed by atoms with van der Waals surface area (Å²) in [7, 11) is 2.01. The fourth-order valence-electron chi connectivity index (χ4n) is 0.628. The molecule has 0 amide bonds. The minimum absolute atomic E-state index is 0.211. The standard InChI is InChI=1S/C7H17NO/c1-6(2)8(4)5-7(3)9/h6-7,9H,5H2,1-4H3/t7-/m0/s1. The van der Waals surface area contributed by atoms with Crippen LogP contribution in [0.4, 0.5) is 0 Å². The summed E-state index contributed by atoms with van der Waals surface area (Å²) in [6, 6.07) is 0.527. The molecule has 1 N–H and O–H groups in total. The largest absolute Gasteiger partial charge is 0.392 e. The lowest BCUT2D eigenvalue weighted by Crippen LogP contribution is -2.32. The lowest BCUT2D eigenvalue weighted by atomic mass is 10.3. The number of hydrogen-bond acceptors (Lipinski definition) is 2. The zero-order chi connectivity index (χ0) is 7.44. The Labute approximate surface area is 57.5 Å². The Morgan fingerprint density at radius 2 is 1.78 bits per heavy atom. The molecular weight excluding hydrogens is 114 g/mol. The number of rotatable bonds is 3. The molecule has 0 rings (SSSR count). The minimum Gasteiger partial charge on any atom is -0.392 e. The number of aliphatic hydroxyl groups is 1. The molecule has 0 fully saturated rings. The van der Waals surface area contributed by atoms with E-state index in [9.17, 15) is 0 Å². The van der Waals surface area contributed by atoms with Gasteiger partial charge in [-0.3, -0.25) is 0 Å². The van der Waals surface area contributed by atoms with Crippen LogP contribution in [-0.2, 0) is 0 Å². The van der Waals surface area contributed by atoms with E-state index in [1.807, 2.05) is 7.05 Å². The molecule has 2 nitrogen and oxygen atoms in total. The van der Waals surface area contributed by atoms with Crippen molar-refractivity contribution in [1.82, 2.24) is 4.90 Å². The van der Waals surface area contributed by atoms with Crippen LogP contribution in [0.2, 0.25) is 0 Å². The van der Waals surface area contributed by atoms with Crippen molar-refractivity contribution in [2.75, 3.05) is 13.6 Å². The first kappa shape index (κ1) is 8.92. The van der Waals surface area contributed by atoms with Gasteiger partial charge in [-0.15, -0.1) is 0 Å². The quantitative estimate of drug-likeness (QED) is 0.609. The van der Waals surface area contributed by atoms with E-state index in [-0.39, 0.29) is 6.10 Å². The van der Waals surface area contributed by atoms with Gasteiger partial charge in [-0.2, -0.15) is 0 Å². The Morgan fingerprint density at radius 3 is 1.89 bits per heavy atom. The molecule has 0 aromatic rings. The molecule has 56 valence electrons. The van der Waals surface area contributed by atoms with Gasteiger partial charge in [0.1, 0.15) is 0 Å². The predicted molar refractivity (Wildman–Crippen MR) is 39.4 cm³/mol. The Balaban J connectivity index is 3.38. The van der Waals surface area contributed by atoms with E-state index >= 15 is 0 Å². The number of aliphatic hydroxyl groups excluding tert-OH is 1. The second-order valence-electron chi connectivity index (χ2n) is 2.88. The third-order valence-corrected chi connectivity index (χ3v) is 1.43. The summed E-state index contributed by atoms with van der Waals surface area (Å²) in [4.78, 5) is 2.12. The summed E-state index contributed by atoms with van der Waals surface area (Å²) in [6.07, 6.45) is -0.211. The highest BCUT2D eigenvalue weighted by Gasteiger charge is 2.04. The summed E-state index contributed by atoms with van der Waals surface area (Å²) >= 11 is 0. The second kappa shape index (κ2) is 3.85. The number of hydrogen-bond donors (Lipinski definition) is 1. The molecule has 0 saturated heterocycles. The molecule has 1 atom stereocenters. The zero-order valence-corrected chi connectivity index (χ0v) is 6.76. The van der Waals surface area contributed by atoms with Gasteiger partial charge in [-0.05, 0) is 27.8 Å². The van der Waals surface area contributed by atoms with E-state index in [0.717, 1.165) is 6.54 Å². The first-order valence-electron chi connectivity index (χ1n) is 3.42. The molecule has 2 heteroatoms. The maximum absolute atomic E-state index is 8.93. The molecule has 0 aliphatic rings. The summed E-state index contributed by atoms with van der Waals surface area (Å²) in [6.45, 7) is 6.79. The van der Waals surface area contributed by atoms with Crippen LogP contribution in [0.3, 0.4) is 0 Å². The molecule has 0 aromatic heterocycles. The van der Waals surface area contributed by atoms with Crippen molar-refractivity contribution in [2.45, 2.75) is 32.9 Å². The Bertz CT molecular complexity index is 71.3. The molecule has 9 heavy (non-hydrogen) atoms. The van der Waals surface area contributed by atoms with Crippen molar-refractivity contribution < 1.29 is 5.11 Å². The highest BCUT2D eigenvalue weighted by atomic mass is 16.3. The number of likely N-dealkylation sites (N-methyl/N-ethyl adjacent to an activating group) is 1. The highest BCUT2D eigenvalue weighted by molar-refractivity contribution is 4.59. The van der Waals surface area contributed by atoms with Crippen LogP contribution in [0.5, 0.6) is 0 Å². The maximum Gasteiger partial charge on any atom is 0.0639 e. The van der Waals surface area contributed by atoms with Crippen LogP contribution in [0.1, 0.15) is 20.8 Å². The first-order chi connectivity index (χ1) is 4.04. The van der Waals surface area contributed by atoms with Crippen LogP contribution >= 0.6 is 0 Å². The molecule has 0 aliphatic heterocycles. The molecule has 0 saturated carbocycles. The summed E-state index contributed by atoms with van der Waals surface area (Å²) in [5.41, 5.74) is 0. The van der Waals surface area contributed by atoms with Crippen molar-refractivity contribution in [3.8, 4) is 0 Å². The molecule has 0 unspecified atom stereocenters. The Kier molecular flexibility index (Phi) is 3.82. The van der Waals surface area contributed by atoms with Gasteiger partial charge in [-0.1, -0.05) is 0 Å². The van der Waals surface area contributed by atoms with Gasteiger partial charge in [0.15, 0.2) is 0 Å². The van der Waals surface area contributed by atoms with Crippen molar-refractivity contribution >= 4 is 0 Å². The third-order valence-electron chi connectivity index (χ3n) is 1.43. The highest BCUT2D eigenvalue weighted by Crippen LogP contribution is 1.94. The average molecular weight is 131 g/mol. The summed E-state index contributed by atoms with van der Waals surface area (Å²) in [5.74, 6) is 0. The topological polar surface area (TPSA) is 23.5 Å². The van der Waals surface area contributed by atoms with Gasteiger partial charge < -0.3 is 10.0 Å². The van der Waals surface area contributed by atoms with Gasteiger partial charge >= 0.3 is 0 Å². The molecule has 0 spiro atoms. The SMILES string of the molecule is CC(C)N(C)C[C@H](C)O. The fourth-order valence-corrected chi connectivity index (χ4v) is 0.628. The van der Waals surface area contributed by atoms with Crippen molar-refractivity contribution in [2.24, 2.45) is 0 Å². The molecular formula is C7H17NO. The maximum atomic E-state index is 8.93. The van der Waals surface area contributed by atoms with Crippen LogP contribution in [0.25, 0.3) is 0 Å². The van der Waals surface area contributed by atoms with Crippen molar-refractivity contribution in [3.63, 3.8) is 0 Å². The first-order valence-corrected chi connectivity index (χ1v) is 3.42. The fraction of sp³-hybridized carbons (Fsp3) is 1.00. The molecule has 0 bridgehead atoms. The lowest BCUT2D eigenvalue weighted by molar-refractivity contribution is 0.126. The van der Waals surface area contributed by atoms with Crippen LogP contribution < -0.4 is 0 Å². The van der Waals surface area contributed by atoms with Crippen LogP contribution in [0, 0.1) is 0 Å². The average Bonchev–Trinajstić information content (AvgIpc) is 1.63. The Hall–Kier alpha value is -0.0800. The molecule has 0 heterocycles.